The Balaban J connectivity index is 1.60. The molecule has 0 fully saturated rings. The van der Waals surface area contributed by atoms with Gasteiger partial charge in [-0.15, -0.1) is 0 Å². The number of benzene rings is 4. The molecule has 0 saturated heterocycles. The minimum absolute atomic E-state index is 0.702. The summed E-state index contributed by atoms with van der Waals surface area (Å²) in [7, 11) is 0. The average molecular weight is 295 g/mol. The maximum atomic E-state index is 4.64. The van der Waals surface area contributed by atoms with Crippen molar-refractivity contribution < 1.29 is 0 Å². The van der Waals surface area contributed by atoms with Gasteiger partial charge in [-0.3, -0.25) is 4.99 Å². The van der Waals surface area contributed by atoms with Crippen molar-refractivity contribution in [3.8, 4) is 0 Å². The molecule has 0 N–H and O–H groups in total. The fourth-order valence-electron chi connectivity index (χ4n) is 2.95. The van der Waals surface area contributed by atoms with Gasteiger partial charge in [-0.1, -0.05) is 78.9 Å². The summed E-state index contributed by atoms with van der Waals surface area (Å²) in [5.41, 5.74) is 2.41. The molecule has 0 bridgehead atoms. The first-order valence-electron chi connectivity index (χ1n) is 7.85. The van der Waals surface area contributed by atoms with Crippen LogP contribution in [0.15, 0.2) is 89.9 Å². The number of hydrogen-bond donors (Lipinski definition) is 0. The van der Waals surface area contributed by atoms with Crippen molar-refractivity contribution in [3.63, 3.8) is 0 Å². The Morgan fingerprint density at radius 2 is 1.39 bits per heavy atom. The second-order valence-electron chi connectivity index (χ2n) is 5.72. The molecule has 0 atom stereocenters. The van der Waals surface area contributed by atoms with Crippen LogP contribution in [-0.2, 0) is 6.54 Å². The smallest absolute Gasteiger partial charge is 0.0640 e. The molecule has 0 unspecified atom stereocenters. The van der Waals surface area contributed by atoms with E-state index in [-0.39, 0.29) is 0 Å². The molecule has 23 heavy (non-hydrogen) atoms. The zero-order valence-corrected chi connectivity index (χ0v) is 12.8. The third-order valence-electron chi connectivity index (χ3n) is 4.14. The lowest BCUT2D eigenvalue weighted by Gasteiger charge is -2.02. The van der Waals surface area contributed by atoms with Crippen molar-refractivity contribution in [3.05, 3.63) is 96.1 Å². The maximum Gasteiger partial charge on any atom is 0.0640 e. The van der Waals surface area contributed by atoms with E-state index in [9.17, 15) is 0 Å². The van der Waals surface area contributed by atoms with Crippen molar-refractivity contribution in [2.24, 2.45) is 4.99 Å². The van der Waals surface area contributed by atoms with Gasteiger partial charge in [0.25, 0.3) is 0 Å². The van der Waals surface area contributed by atoms with E-state index in [0.717, 1.165) is 0 Å². The molecule has 0 spiro atoms. The Labute approximate surface area is 135 Å². The molecule has 0 heterocycles. The third kappa shape index (κ3) is 2.86. The van der Waals surface area contributed by atoms with E-state index in [1.54, 1.807) is 0 Å². The first-order chi connectivity index (χ1) is 11.4. The molecule has 0 aliphatic carbocycles. The summed E-state index contributed by atoms with van der Waals surface area (Å²) >= 11 is 0. The molecule has 0 radical (unpaired) electrons. The Morgan fingerprint density at radius 1 is 0.652 bits per heavy atom. The van der Waals surface area contributed by atoms with E-state index in [2.05, 4.69) is 89.9 Å². The van der Waals surface area contributed by atoms with Crippen LogP contribution in [0.25, 0.3) is 21.5 Å². The third-order valence-corrected chi connectivity index (χ3v) is 4.14. The Bertz CT molecular complexity index is 993. The van der Waals surface area contributed by atoms with Gasteiger partial charge in [0.15, 0.2) is 0 Å². The first-order valence-corrected chi connectivity index (χ1v) is 7.85. The summed E-state index contributed by atoms with van der Waals surface area (Å²) in [5, 5.41) is 5.04. The van der Waals surface area contributed by atoms with Crippen molar-refractivity contribution in [2.45, 2.75) is 6.54 Å². The normalized spacial score (nSPS) is 11.5. The monoisotopic (exact) mass is 295 g/mol. The highest BCUT2D eigenvalue weighted by Gasteiger charge is 1.98. The fraction of sp³-hybridized carbons (Fsp3) is 0.0455. The topological polar surface area (TPSA) is 12.4 Å². The molecule has 4 aromatic rings. The van der Waals surface area contributed by atoms with Crippen LogP contribution in [0.4, 0.5) is 0 Å². The summed E-state index contributed by atoms with van der Waals surface area (Å²) in [6, 6.07) is 29.7. The highest BCUT2D eigenvalue weighted by molar-refractivity contribution is 5.99. The second kappa shape index (κ2) is 6.05. The number of aliphatic imine (C=N–C) groups is 1. The highest BCUT2D eigenvalue weighted by Crippen LogP contribution is 2.18. The van der Waals surface area contributed by atoms with Crippen LogP contribution in [0, 0.1) is 0 Å². The van der Waals surface area contributed by atoms with Gasteiger partial charge in [0.1, 0.15) is 0 Å². The molecule has 0 aromatic heterocycles. The van der Waals surface area contributed by atoms with Gasteiger partial charge >= 0.3 is 0 Å². The summed E-state index contributed by atoms with van der Waals surface area (Å²) < 4.78 is 0. The predicted molar refractivity (Wildman–Crippen MR) is 99.2 cm³/mol. The average Bonchev–Trinajstić information content (AvgIpc) is 2.62. The molecule has 4 aromatic carbocycles. The van der Waals surface area contributed by atoms with Gasteiger partial charge in [0, 0.05) is 11.8 Å². The summed E-state index contributed by atoms with van der Waals surface area (Å²) in [5.74, 6) is 0. The van der Waals surface area contributed by atoms with E-state index < -0.39 is 0 Å². The SMILES string of the molecule is C(=NCc1ccc2ccccc2c1)c1cccc2ccccc12. The van der Waals surface area contributed by atoms with E-state index in [1.165, 1.54) is 32.7 Å². The lowest BCUT2D eigenvalue weighted by Crippen LogP contribution is -1.87. The minimum Gasteiger partial charge on any atom is -0.288 e. The highest BCUT2D eigenvalue weighted by atomic mass is 14.7. The maximum absolute atomic E-state index is 4.64. The van der Waals surface area contributed by atoms with Gasteiger partial charge in [0.05, 0.1) is 6.54 Å². The van der Waals surface area contributed by atoms with Gasteiger partial charge in [-0.05, 0) is 33.2 Å². The molecule has 0 amide bonds. The van der Waals surface area contributed by atoms with Gasteiger partial charge in [-0.2, -0.15) is 0 Å². The van der Waals surface area contributed by atoms with E-state index in [1.807, 2.05) is 6.21 Å². The van der Waals surface area contributed by atoms with E-state index in [0.29, 0.717) is 6.54 Å². The zero-order chi connectivity index (χ0) is 15.5. The number of rotatable bonds is 3. The Morgan fingerprint density at radius 3 is 2.30 bits per heavy atom. The van der Waals surface area contributed by atoms with Crippen molar-refractivity contribution >= 4 is 27.8 Å². The van der Waals surface area contributed by atoms with Crippen LogP contribution in [0.3, 0.4) is 0 Å². The van der Waals surface area contributed by atoms with E-state index in [4.69, 9.17) is 0 Å². The van der Waals surface area contributed by atoms with Gasteiger partial charge < -0.3 is 0 Å². The molecular weight excluding hydrogens is 278 g/mol. The molecule has 0 saturated carbocycles. The molecular formula is C22H17N. The van der Waals surface area contributed by atoms with Crippen LogP contribution in [0.2, 0.25) is 0 Å². The molecule has 0 aliphatic heterocycles. The molecule has 1 heteroatoms. The lowest BCUT2D eigenvalue weighted by atomic mass is 10.1. The summed E-state index contributed by atoms with van der Waals surface area (Å²) in [6.45, 7) is 0.702. The quantitative estimate of drug-likeness (QED) is 0.435. The van der Waals surface area contributed by atoms with Crippen LogP contribution < -0.4 is 0 Å². The largest absolute Gasteiger partial charge is 0.288 e. The molecule has 1 nitrogen and oxygen atoms in total. The Kier molecular flexibility index (Phi) is 3.61. The Hall–Kier alpha value is -2.93. The summed E-state index contributed by atoms with van der Waals surface area (Å²) in [6.07, 6.45) is 1.98. The van der Waals surface area contributed by atoms with Crippen molar-refractivity contribution in [1.82, 2.24) is 0 Å². The van der Waals surface area contributed by atoms with Crippen molar-refractivity contribution in [1.29, 1.82) is 0 Å². The molecule has 110 valence electrons. The van der Waals surface area contributed by atoms with Crippen LogP contribution in [0.5, 0.6) is 0 Å². The zero-order valence-electron chi connectivity index (χ0n) is 12.8. The van der Waals surface area contributed by atoms with Crippen molar-refractivity contribution in [2.75, 3.05) is 0 Å². The van der Waals surface area contributed by atoms with Gasteiger partial charge in [-0.25, -0.2) is 0 Å². The van der Waals surface area contributed by atoms with E-state index >= 15 is 0 Å². The van der Waals surface area contributed by atoms with Crippen LogP contribution in [0.1, 0.15) is 11.1 Å². The summed E-state index contributed by atoms with van der Waals surface area (Å²) in [4.78, 5) is 4.64. The number of hydrogen-bond acceptors (Lipinski definition) is 1. The first kappa shape index (κ1) is 13.7. The van der Waals surface area contributed by atoms with Crippen LogP contribution in [-0.4, -0.2) is 6.21 Å². The standard InChI is InChI=1S/C22H17N/c1-2-8-20-14-17(12-13-18(20)6-1)15-23-16-21-10-5-9-19-7-3-4-11-22(19)21/h1-14,16H,15H2. The molecule has 4 rings (SSSR count). The minimum atomic E-state index is 0.702. The second-order valence-corrected chi connectivity index (χ2v) is 5.72. The van der Waals surface area contributed by atoms with Crippen LogP contribution >= 0.6 is 0 Å². The molecule has 0 aliphatic rings. The predicted octanol–water partition coefficient (Wildman–Crippen LogP) is 5.61. The number of nitrogens with zero attached hydrogens (tertiary/aromatic N) is 1. The van der Waals surface area contributed by atoms with Gasteiger partial charge in [0.2, 0.25) is 0 Å². The number of fused-ring (bicyclic) bond motifs is 2. The lowest BCUT2D eigenvalue weighted by molar-refractivity contribution is 1.08. The fourth-order valence-corrected chi connectivity index (χ4v) is 2.95.